The SMILES string of the molecule is CCCc1nc(CCc2cccc(C)c2)oc1C(=O)OC. The van der Waals surface area contributed by atoms with Crippen molar-refractivity contribution in [1.29, 1.82) is 0 Å². The van der Waals surface area contributed by atoms with Gasteiger partial charge in [-0.25, -0.2) is 9.78 Å². The van der Waals surface area contributed by atoms with Crippen molar-refractivity contribution in [3.8, 4) is 0 Å². The van der Waals surface area contributed by atoms with Gasteiger partial charge in [0.25, 0.3) is 0 Å². The minimum atomic E-state index is -0.451. The van der Waals surface area contributed by atoms with Crippen LogP contribution in [0, 0.1) is 6.92 Å². The second kappa shape index (κ2) is 7.07. The molecule has 0 fully saturated rings. The minimum Gasteiger partial charge on any atom is -0.463 e. The summed E-state index contributed by atoms with van der Waals surface area (Å²) < 4.78 is 10.3. The maximum Gasteiger partial charge on any atom is 0.375 e. The first-order chi connectivity index (χ1) is 10.1. The fourth-order valence-corrected chi connectivity index (χ4v) is 2.29. The first-order valence-electron chi connectivity index (χ1n) is 7.26. The molecule has 1 aromatic carbocycles. The van der Waals surface area contributed by atoms with Gasteiger partial charge in [0.2, 0.25) is 5.76 Å². The van der Waals surface area contributed by atoms with Gasteiger partial charge >= 0.3 is 5.97 Å². The predicted octanol–water partition coefficient (Wildman–Crippen LogP) is 3.51. The Balaban J connectivity index is 2.11. The summed E-state index contributed by atoms with van der Waals surface area (Å²) in [6.07, 6.45) is 3.15. The van der Waals surface area contributed by atoms with E-state index in [0.29, 0.717) is 18.0 Å². The lowest BCUT2D eigenvalue weighted by molar-refractivity contribution is 0.0561. The summed E-state index contributed by atoms with van der Waals surface area (Å²) in [6, 6.07) is 8.35. The van der Waals surface area contributed by atoms with E-state index < -0.39 is 5.97 Å². The molecule has 0 aliphatic rings. The fourth-order valence-electron chi connectivity index (χ4n) is 2.29. The quantitative estimate of drug-likeness (QED) is 0.763. The van der Waals surface area contributed by atoms with Gasteiger partial charge in [0.1, 0.15) is 0 Å². The third-order valence-electron chi connectivity index (χ3n) is 3.31. The van der Waals surface area contributed by atoms with Crippen molar-refractivity contribution in [3.05, 3.63) is 52.7 Å². The molecule has 0 N–H and O–H groups in total. The Kier molecular flexibility index (Phi) is 5.14. The van der Waals surface area contributed by atoms with E-state index in [1.54, 1.807) is 0 Å². The van der Waals surface area contributed by atoms with Gasteiger partial charge < -0.3 is 9.15 Å². The molecule has 0 bridgehead atoms. The lowest BCUT2D eigenvalue weighted by atomic mass is 10.1. The Hall–Kier alpha value is -2.10. The lowest BCUT2D eigenvalue weighted by Crippen LogP contribution is -2.03. The first kappa shape index (κ1) is 15.3. The summed E-state index contributed by atoms with van der Waals surface area (Å²) in [5, 5.41) is 0. The van der Waals surface area contributed by atoms with Crippen LogP contribution in [0.5, 0.6) is 0 Å². The molecule has 0 unspecified atom stereocenters. The molecule has 0 saturated heterocycles. The number of esters is 1. The van der Waals surface area contributed by atoms with Crippen LogP contribution in [-0.2, 0) is 24.0 Å². The zero-order chi connectivity index (χ0) is 15.2. The summed E-state index contributed by atoms with van der Waals surface area (Å²) in [4.78, 5) is 16.1. The van der Waals surface area contributed by atoms with E-state index in [2.05, 4.69) is 30.1 Å². The molecular weight excluding hydrogens is 266 g/mol. The number of nitrogens with zero attached hydrogens (tertiary/aromatic N) is 1. The standard InChI is InChI=1S/C17H21NO3/c1-4-6-14-16(17(19)20-3)21-15(18-14)10-9-13-8-5-7-12(2)11-13/h5,7-8,11H,4,6,9-10H2,1-3H3. The molecule has 0 aliphatic heterocycles. The molecule has 0 spiro atoms. The summed E-state index contributed by atoms with van der Waals surface area (Å²) in [5.74, 6) is 0.395. The zero-order valence-electron chi connectivity index (χ0n) is 12.8. The van der Waals surface area contributed by atoms with Crippen LogP contribution in [0.25, 0.3) is 0 Å². The van der Waals surface area contributed by atoms with E-state index in [-0.39, 0.29) is 5.76 Å². The van der Waals surface area contributed by atoms with Gasteiger partial charge in [0.05, 0.1) is 12.8 Å². The fraction of sp³-hybridized carbons (Fsp3) is 0.412. The Morgan fingerprint density at radius 2 is 2.10 bits per heavy atom. The second-order valence-electron chi connectivity index (χ2n) is 5.11. The molecule has 0 amide bonds. The average Bonchev–Trinajstić information content (AvgIpc) is 2.88. The highest BCUT2D eigenvalue weighted by molar-refractivity contribution is 5.87. The molecule has 1 heterocycles. The largest absolute Gasteiger partial charge is 0.463 e. The number of hydrogen-bond acceptors (Lipinski definition) is 4. The molecule has 2 aromatic rings. The first-order valence-corrected chi connectivity index (χ1v) is 7.26. The van der Waals surface area contributed by atoms with Crippen LogP contribution in [0.15, 0.2) is 28.7 Å². The molecule has 2 rings (SSSR count). The summed E-state index contributed by atoms with van der Waals surface area (Å²) in [6.45, 7) is 4.12. The molecule has 0 radical (unpaired) electrons. The van der Waals surface area contributed by atoms with E-state index in [1.807, 2.05) is 13.0 Å². The van der Waals surface area contributed by atoms with E-state index in [9.17, 15) is 4.79 Å². The molecular formula is C17H21NO3. The van der Waals surface area contributed by atoms with Crippen molar-refractivity contribution in [3.63, 3.8) is 0 Å². The van der Waals surface area contributed by atoms with Gasteiger partial charge in [-0.1, -0.05) is 43.2 Å². The summed E-state index contributed by atoms with van der Waals surface area (Å²) in [7, 11) is 1.35. The number of methoxy groups -OCH3 is 1. The van der Waals surface area contributed by atoms with E-state index in [1.165, 1.54) is 18.2 Å². The second-order valence-corrected chi connectivity index (χ2v) is 5.11. The number of rotatable bonds is 6. The van der Waals surface area contributed by atoms with Crippen LogP contribution < -0.4 is 0 Å². The smallest absolute Gasteiger partial charge is 0.375 e. The van der Waals surface area contributed by atoms with Gasteiger partial charge in [-0.3, -0.25) is 0 Å². The van der Waals surface area contributed by atoms with E-state index >= 15 is 0 Å². The number of hydrogen-bond donors (Lipinski definition) is 0. The van der Waals surface area contributed by atoms with Gasteiger partial charge in [0, 0.05) is 6.42 Å². The molecule has 4 heteroatoms. The highest BCUT2D eigenvalue weighted by Gasteiger charge is 2.20. The Labute approximate surface area is 125 Å². The lowest BCUT2D eigenvalue weighted by Gasteiger charge is -2.00. The minimum absolute atomic E-state index is 0.249. The zero-order valence-corrected chi connectivity index (χ0v) is 12.8. The number of aromatic nitrogens is 1. The van der Waals surface area contributed by atoms with Gasteiger partial charge in [0.15, 0.2) is 5.89 Å². The predicted molar refractivity (Wildman–Crippen MR) is 80.4 cm³/mol. The molecule has 21 heavy (non-hydrogen) atoms. The van der Waals surface area contributed by atoms with Crippen molar-refractivity contribution in [1.82, 2.24) is 4.98 Å². The maximum atomic E-state index is 11.7. The molecule has 0 atom stereocenters. The van der Waals surface area contributed by atoms with Crippen LogP contribution in [0.1, 0.15) is 46.6 Å². The number of ether oxygens (including phenoxy) is 1. The van der Waals surface area contributed by atoms with Gasteiger partial charge in [-0.05, 0) is 25.3 Å². The van der Waals surface area contributed by atoms with Crippen LogP contribution in [0.2, 0.25) is 0 Å². The number of benzene rings is 1. The third-order valence-corrected chi connectivity index (χ3v) is 3.31. The number of carbonyl (C=O) groups excluding carboxylic acids is 1. The number of oxazole rings is 1. The Morgan fingerprint density at radius 1 is 1.29 bits per heavy atom. The monoisotopic (exact) mass is 287 g/mol. The van der Waals surface area contributed by atoms with Crippen LogP contribution in [0.3, 0.4) is 0 Å². The van der Waals surface area contributed by atoms with Crippen LogP contribution in [-0.4, -0.2) is 18.1 Å². The third kappa shape index (κ3) is 3.94. The van der Waals surface area contributed by atoms with Crippen molar-refractivity contribution >= 4 is 5.97 Å². The normalized spacial score (nSPS) is 10.6. The Morgan fingerprint density at radius 3 is 2.76 bits per heavy atom. The van der Waals surface area contributed by atoms with Gasteiger partial charge in [-0.15, -0.1) is 0 Å². The molecule has 1 aromatic heterocycles. The average molecular weight is 287 g/mol. The topological polar surface area (TPSA) is 52.3 Å². The highest BCUT2D eigenvalue weighted by Crippen LogP contribution is 2.16. The Bertz CT molecular complexity index is 616. The van der Waals surface area contributed by atoms with Gasteiger partial charge in [-0.2, -0.15) is 0 Å². The van der Waals surface area contributed by atoms with E-state index in [0.717, 1.165) is 19.3 Å². The van der Waals surface area contributed by atoms with Crippen molar-refractivity contribution in [2.24, 2.45) is 0 Å². The van der Waals surface area contributed by atoms with E-state index in [4.69, 9.17) is 9.15 Å². The van der Waals surface area contributed by atoms with Crippen LogP contribution >= 0.6 is 0 Å². The molecule has 112 valence electrons. The summed E-state index contributed by atoms with van der Waals surface area (Å²) >= 11 is 0. The van der Waals surface area contributed by atoms with Crippen molar-refractivity contribution < 1.29 is 13.9 Å². The van der Waals surface area contributed by atoms with Crippen molar-refractivity contribution in [2.75, 3.05) is 7.11 Å². The molecule has 0 aliphatic carbocycles. The number of carbonyl (C=O) groups is 1. The van der Waals surface area contributed by atoms with Crippen molar-refractivity contribution in [2.45, 2.75) is 39.5 Å². The summed E-state index contributed by atoms with van der Waals surface area (Å²) in [5.41, 5.74) is 3.18. The molecule has 4 nitrogen and oxygen atoms in total. The maximum absolute atomic E-state index is 11.7. The van der Waals surface area contributed by atoms with Crippen LogP contribution in [0.4, 0.5) is 0 Å². The molecule has 0 saturated carbocycles. The number of aryl methyl sites for hydroxylation is 4. The highest BCUT2D eigenvalue weighted by atomic mass is 16.5.